The largest absolute Gasteiger partial charge is 0.496 e. The molecular formula is C15H17ClN2O4S2. The molecule has 6 nitrogen and oxygen atoms in total. The highest BCUT2D eigenvalue weighted by atomic mass is 35.5. The van der Waals surface area contributed by atoms with E-state index in [0.29, 0.717) is 10.1 Å². The van der Waals surface area contributed by atoms with Gasteiger partial charge in [-0.25, -0.2) is 8.42 Å². The van der Waals surface area contributed by atoms with Gasteiger partial charge in [-0.1, -0.05) is 29.8 Å². The molecule has 24 heavy (non-hydrogen) atoms. The number of hydrogen-bond acceptors (Lipinski definition) is 5. The summed E-state index contributed by atoms with van der Waals surface area (Å²) in [6, 6.07) is 10.2. The standard InChI is InChI=1S/C15H17ClN2O4S2/c1-18(24(20,21)15-8-7-13(16)23-15)10-14(19)17-9-11-5-3-4-6-12(11)22-2/h3-8H,9-10H2,1-2H3,(H,17,19). The van der Waals surface area contributed by atoms with Gasteiger partial charge in [-0.2, -0.15) is 4.31 Å². The van der Waals surface area contributed by atoms with Crippen LogP contribution < -0.4 is 10.1 Å². The van der Waals surface area contributed by atoms with Crippen LogP contribution in [0.15, 0.2) is 40.6 Å². The number of para-hydroxylation sites is 1. The van der Waals surface area contributed by atoms with Gasteiger partial charge >= 0.3 is 0 Å². The third-order valence-electron chi connectivity index (χ3n) is 3.25. The van der Waals surface area contributed by atoms with Crippen molar-refractivity contribution in [3.63, 3.8) is 0 Å². The Morgan fingerprint density at radius 1 is 1.29 bits per heavy atom. The topological polar surface area (TPSA) is 75.7 Å². The summed E-state index contributed by atoms with van der Waals surface area (Å²) in [6.45, 7) is -0.0332. The molecule has 0 aliphatic carbocycles. The number of sulfonamides is 1. The molecule has 1 N–H and O–H groups in total. The number of carbonyl (C=O) groups is 1. The summed E-state index contributed by atoms with van der Waals surface area (Å²) in [6.07, 6.45) is 0. The lowest BCUT2D eigenvalue weighted by Crippen LogP contribution is -2.37. The fourth-order valence-corrected chi connectivity index (χ4v) is 4.80. The minimum Gasteiger partial charge on any atom is -0.496 e. The summed E-state index contributed by atoms with van der Waals surface area (Å²) < 4.78 is 31.3. The van der Waals surface area contributed by atoms with Crippen LogP contribution >= 0.6 is 22.9 Å². The minimum atomic E-state index is -3.73. The van der Waals surface area contributed by atoms with Gasteiger partial charge in [-0.05, 0) is 18.2 Å². The van der Waals surface area contributed by atoms with Crippen LogP contribution in [-0.4, -0.2) is 39.3 Å². The van der Waals surface area contributed by atoms with E-state index in [1.807, 2.05) is 18.2 Å². The molecule has 2 rings (SSSR count). The van der Waals surface area contributed by atoms with Crippen LogP contribution in [0.4, 0.5) is 0 Å². The maximum atomic E-state index is 12.3. The molecule has 1 amide bonds. The highest BCUT2D eigenvalue weighted by Gasteiger charge is 2.24. The number of hydrogen-bond donors (Lipinski definition) is 1. The lowest BCUT2D eigenvalue weighted by Gasteiger charge is -2.16. The third kappa shape index (κ3) is 4.47. The number of benzene rings is 1. The molecule has 0 atom stereocenters. The van der Waals surface area contributed by atoms with Crippen molar-refractivity contribution in [3.8, 4) is 5.75 Å². The molecule has 0 spiro atoms. The molecule has 1 heterocycles. The zero-order valence-corrected chi connectivity index (χ0v) is 15.5. The number of thiophene rings is 1. The Morgan fingerprint density at radius 3 is 2.62 bits per heavy atom. The zero-order valence-electron chi connectivity index (χ0n) is 13.2. The highest BCUT2D eigenvalue weighted by Crippen LogP contribution is 2.27. The van der Waals surface area contributed by atoms with Crippen molar-refractivity contribution in [2.24, 2.45) is 0 Å². The molecule has 0 saturated carbocycles. The number of nitrogens with zero attached hydrogens (tertiary/aromatic N) is 1. The minimum absolute atomic E-state index is 0.104. The summed E-state index contributed by atoms with van der Waals surface area (Å²) >= 11 is 6.72. The molecule has 0 aliphatic heterocycles. The molecule has 0 bridgehead atoms. The summed E-state index contributed by atoms with van der Waals surface area (Å²) in [7, 11) is -0.826. The Labute approximate surface area is 150 Å². The van der Waals surface area contributed by atoms with E-state index >= 15 is 0 Å². The van der Waals surface area contributed by atoms with Gasteiger partial charge in [0.05, 0.1) is 18.0 Å². The van der Waals surface area contributed by atoms with Gasteiger partial charge in [-0.15, -0.1) is 11.3 Å². The first-order valence-corrected chi connectivity index (χ1v) is 9.58. The number of amides is 1. The van der Waals surface area contributed by atoms with Crippen molar-refractivity contribution in [1.82, 2.24) is 9.62 Å². The van der Waals surface area contributed by atoms with Gasteiger partial charge in [0.25, 0.3) is 10.0 Å². The number of ether oxygens (including phenoxy) is 1. The summed E-state index contributed by atoms with van der Waals surface area (Å²) in [5.74, 6) is 0.252. The second kappa shape index (κ2) is 7.98. The molecule has 0 unspecified atom stereocenters. The van der Waals surface area contributed by atoms with Crippen LogP contribution in [0.25, 0.3) is 0 Å². The number of rotatable bonds is 7. The first-order valence-electron chi connectivity index (χ1n) is 6.95. The van der Waals surface area contributed by atoms with Crippen molar-refractivity contribution in [2.45, 2.75) is 10.8 Å². The third-order valence-corrected chi connectivity index (χ3v) is 6.75. The van der Waals surface area contributed by atoms with E-state index in [-0.39, 0.29) is 17.3 Å². The zero-order chi connectivity index (χ0) is 17.7. The Hall–Kier alpha value is -1.61. The normalized spacial score (nSPS) is 11.5. The van der Waals surface area contributed by atoms with Gasteiger partial charge < -0.3 is 10.1 Å². The van der Waals surface area contributed by atoms with Gasteiger partial charge in [0.2, 0.25) is 5.91 Å². The van der Waals surface area contributed by atoms with E-state index in [0.717, 1.165) is 21.2 Å². The lowest BCUT2D eigenvalue weighted by molar-refractivity contribution is -0.121. The molecular weight excluding hydrogens is 372 g/mol. The van der Waals surface area contributed by atoms with Crippen LogP contribution in [0, 0.1) is 0 Å². The van der Waals surface area contributed by atoms with Crippen molar-refractivity contribution in [3.05, 3.63) is 46.3 Å². The molecule has 0 aliphatic rings. The fraction of sp³-hybridized carbons (Fsp3) is 0.267. The average molecular weight is 389 g/mol. The molecule has 1 aromatic heterocycles. The van der Waals surface area contributed by atoms with E-state index < -0.39 is 15.9 Å². The Bertz CT molecular complexity index is 820. The van der Waals surface area contributed by atoms with Crippen LogP contribution in [0.5, 0.6) is 5.75 Å². The number of halogens is 1. The number of nitrogens with one attached hydrogen (secondary N) is 1. The molecule has 1 aromatic carbocycles. The van der Waals surface area contributed by atoms with E-state index in [1.54, 1.807) is 13.2 Å². The van der Waals surface area contributed by atoms with Crippen LogP contribution in [0.2, 0.25) is 4.34 Å². The molecule has 9 heteroatoms. The highest BCUT2D eigenvalue weighted by molar-refractivity contribution is 7.91. The van der Waals surface area contributed by atoms with Crippen molar-refractivity contribution >= 4 is 38.9 Å². The fourth-order valence-electron chi connectivity index (χ4n) is 1.98. The quantitative estimate of drug-likeness (QED) is 0.789. The molecule has 0 radical (unpaired) electrons. The maximum Gasteiger partial charge on any atom is 0.252 e. The Kier molecular flexibility index (Phi) is 6.22. The summed E-state index contributed by atoms with van der Waals surface area (Å²) in [5, 5.41) is 2.69. The Balaban J connectivity index is 1.97. The average Bonchev–Trinajstić information content (AvgIpc) is 3.00. The lowest BCUT2D eigenvalue weighted by atomic mass is 10.2. The number of likely N-dealkylation sites (N-methyl/N-ethyl adjacent to an activating group) is 1. The molecule has 0 saturated heterocycles. The van der Waals surface area contributed by atoms with Crippen molar-refractivity contribution in [2.75, 3.05) is 20.7 Å². The summed E-state index contributed by atoms with van der Waals surface area (Å²) in [5.41, 5.74) is 0.809. The molecule has 130 valence electrons. The SMILES string of the molecule is COc1ccccc1CNC(=O)CN(C)S(=O)(=O)c1ccc(Cl)s1. The van der Waals surface area contributed by atoms with Gasteiger partial charge in [-0.3, -0.25) is 4.79 Å². The van der Waals surface area contributed by atoms with Crippen LogP contribution in [0.1, 0.15) is 5.56 Å². The number of methoxy groups -OCH3 is 1. The van der Waals surface area contributed by atoms with E-state index in [4.69, 9.17) is 16.3 Å². The predicted molar refractivity (Wildman–Crippen MR) is 94.0 cm³/mol. The monoisotopic (exact) mass is 388 g/mol. The van der Waals surface area contributed by atoms with Gasteiger partial charge in [0.15, 0.2) is 0 Å². The van der Waals surface area contributed by atoms with E-state index in [1.165, 1.54) is 19.2 Å². The van der Waals surface area contributed by atoms with Crippen LogP contribution in [0.3, 0.4) is 0 Å². The van der Waals surface area contributed by atoms with Crippen molar-refractivity contribution < 1.29 is 17.9 Å². The molecule has 0 fully saturated rings. The van der Waals surface area contributed by atoms with E-state index in [9.17, 15) is 13.2 Å². The first-order chi connectivity index (χ1) is 11.3. The predicted octanol–water partition coefficient (Wildman–Crippen LogP) is 2.35. The second-order valence-corrected chi connectivity index (χ2v) is 8.90. The smallest absolute Gasteiger partial charge is 0.252 e. The molecule has 2 aromatic rings. The van der Waals surface area contributed by atoms with Crippen molar-refractivity contribution in [1.29, 1.82) is 0 Å². The maximum absolute atomic E-state index is 12.3. The second-order valence-electron chi connectivity index (χ2n) is 4.91. The van der Waals surface area contributed by atoms with Gasteiger partial charge in [0.1, 0.15) is 9.96 Å². The van der Waals surface area contributed by atoms with Gasteiger partial charge in [0, 0.05) is 19.2 Å². The first kappa shape index (κ1) is 18.7. The summed E-state index contributed by atoms with van der Waals surface area (Å²) in [4.78, 5) is 12.0. The van der Waals surface area contributed by atoms with Crippen LogP contribution in [-0.2, 0) is 21.4 Å². The Morgan fingerprint density at radius 2 is 2.00 bits per heavy atom. The van der Waals surface area contributed by atoms with E-state index in [2.05, 4.69) is 5.32 Å². The number of carbonyl (C=O) groups excluding carboxylic acids is 1.